The van der Waals surface area contributed by atoms with Crippen LogP contribution in [0.25, 0.3) is 0 Å². The average Bonchev–Trinajstić information content (AvgIpc) is 2.76. The van der Waals surface area contributed by atoms with E-state index >= 15 is 0 Å². The molecule has 124 valence electrons. The minimum Gasteiger partial charge on any atom is -0.375 e. The monoisotopic (exact) mass is 403 g/mol. The summed E-state index contributed by atoms with van der Waals surface area (Å²) in [6, 6.07) is 7.29. The molecule has 0 bridgehead atoms. The van der Waals surface area contributed by atoms with Crippen molar-refractivity contribution < 1.29 is 14.7 Å². The van der Waals surface area contributed by atoms with E-state index in [9.17, 15) is 14.7 Å². The number of benzene rings is 2. The van der Waals surface area contributed by atoms with E-state index in [0.29, 0.717) is 5.02 Å². The second-order valence-corrected chi connectivity index (χ2v) is 6.98. The summed E-state index contributed by atoms with van der Waals surface area (Å²) in [6.45, 7) is 0. The van der Waals surface area contributed by atoms with Crippen molar-refractivity contribution in [2.75, 3.05) is 5.32 Å². The van der Waals surface area contributed by atoms with Gasteiger partial charge in [0, 0.05) is 21.2 Å². The van der Waals surface area contributed by atoms with Crippen molar-refractivity contribution in [3.63, 3.8) is 0 Å². The van der Waals surface area contributed by atoms with Crippen molar-refractivity contribution in [1.82, 2.24) is 0 Å². The lowest BCUT2D eigenvalue weighted by Gasteiger charge is -2.21. The summed E-state index contributed by atoms with van der Waals surface area (Å²) in [5.74, 6) is -1.30. The number of fused-ring (bicyclic) bond motifs is 1. The molecular formula is C16H9Cl4NO3. The topological polar surface area (TPSA) is 66.4 Å². The van der Waals surface area contributed by atoms with E-state index in [1.807, 2.05) is 0 Å². The summed E-state index contributed by atoms with van der Waals surface area (Å²) in [4.78, 5) is 24.8. The van der Waals surface area contributed by atoms with E-state index in [-0.39, 0.29) is 31.9 Å². The summed E-state index contributed by atoms with van der Waals surface area (Å²) < 4.78 is 0. The van der Waals surface area contributed by atoms with Gasteiger partial charge in [-0.2, -0.15) is 0 Å². The van der Waals surface area contributed by atoms with Crippen LogP contribution in [0.2, 0.25) is 20.1 Å². The predicted molar refractivity (Wildman–Crippen MR) is 94.4 cm³/mol. The molecule has 2 aromatic carbocycles. The second kappa shape index (κ2) is 6.21. The minimum absolute atomic E-state index is 0.0834. The van der Waals surface area contributed by atoms with Crippen LogP contribution in [-0.4, -0.2) is 16.8 Å². The molecule has 4 nitrogen and oxygen atoms in total. The number of aliphatic hydroxyl groups is 1. The molecule has 0 fully saturated rings. The highest BCUT2D eigenvalue weighted by atomic mass is 35.5. The van der Waals surface area contributed by atoms with Gasteiger partial charge in [0.2, 0.25) is 0 Å². The van der Waals surface area contributed by atoms with Crippen molar-refractivity contribution >= 4 is 63.8 Å². The number of carbonyl (C=O) groups is 2. The first-order valence-electron chi connectivity index (χ1n) is 6.74. The molecule has 3 rings (SSSR count). The Balaban J connectivity index is 2.03. The van der Waals surface area contributed by atoms with Gasteiger partial charge in [0.15, 0.2) is 11.4 Å². The van der Waals surface area contributed by atoms with E-state index in [2.05, 4.69) is 5.32 Å². The largest absolute Gasteiger partial charge is 0.375 e. The average molecular weight is 405 g/mol. The van der Waals surface area contributed by atoms with Gasteiger partial charge < -0.3 is 10.4 Å². The third-order valence-electron chi connectivity index (χ3n) is 3.78. The molecule has 0 saturated carbocycles. The number of amides is 1. The van der Waals surface area contributed by atoms with Crippen molar-refractivity contribution in [2.45, 2.75) is 12.0 Å². The first-order chi connectivity index (χ1) is 11.2. The van der Waals surface area contributed by atoms with E-state index < -0.39 is 23.7 Å². The van der Waals surface area contributed by atoms with Gasteiger partial charge in [-0.15, -0.1) is 0 Å². The Morgan fingerprint density at radius 3 is 2.38 bits per heavy atom. The number of nitrogens with one attached hydrogen (secondary N) is 1. The van der Waals surface area contributed by atoms with Crippen molar-refractivity contribution in [2.24, 2.45) is 0 Å². The Bertz CT molecular complexity index is 884. The number of hydrogen-bond acceptors (Lipinski definition) is 3. The van der Waals surface area contributed by atoms with Crippen LogP contribution < -0.4 is 5.32 Å². The highest BCUT2D eigenvalue weighted by Crippen LogP contribution is 2.46. The summed E-state index contributed by atoms with van der Waals surface area (Å²) in [5, 5.41) is 14.2. The first-order valence-corrected chi connectivity index (χ1v) is 8.26. The molecule has 1 atom stereocenters. The third kappa shape index (κ3) is 2.79. The van der Waals surface area contributed by atoms with E-state index in [1.54, 1.807) is 0 Å². The van der Waals surface area contributed by atoms with Crippen LogP contribution in [0.5, 0.6) is 0 Å². The zero-order chi connectivity index (χ0) is 17.6. The van der Waals surface area contributed by atoms with Gasteiger partial charge in [-0.25, -0.2) is 0 Å². The molecule has 1 aliphatic rings. The van der Waals surface area contributed by atoms with E-state index in [1.165, 1.54) is 30.3 Å². The van der Waals surface area contributed by atoms with Gasteiger partial charge in [-0.1, -0.05) is 46.4 Å². The molecular weight excluding hydrogens is 396 g/mol. The number of carbonyl (C=O) groups excluding carboxylic acids is 2. The highest BCUT2D eigenvalue weighted by molar-refractivity contribution is 6.38. The number of hydrogen-bond donors (Lipinski definition) is 2. The Labute approximate surface area is 157 Å². The highest BCUT2D eigenvalue weighted by Gasteiger charge is 2.49. The van der Waals surface area contributed by atoms with E-state index in [4.69, 9.17) is 46.4 Å². The molecule has 0 aromatic heterocycles. The Kier molecular flexibility index (Phi) is 4.53. The van der Waals surface area contributed by atoms with Crippen LogP contribution in [0.3, 0.4) is 0 Å². The van der Waals surface area contributed by atoms with Gasteiger partial charge in [0.1, 0.15) is 0 Å². The van der Waals surface area contributed by atoms with Crippen LogP contribution in [0.4, 0.5) is 5.69 Å². The Morgan fingerprint density at radius 2 is 1.71 bits per heavy atom. The number of rotatable bonds is 3. The molecule has 0 unspecified atom stereocenters. The van der Waals surface area contributed by atoms with Gasteiger partial charge in [0.25, 0.3) is 5.91 Å². The molecule has 2 N–H and O–H groups in total. The standard InChI is InChI=1S/C16H9Cl4NO3/c17-7-1-2-8(11(20)5-7)12(22)6-16(24)13-9(18)3-4-10(19)14(13)21-15(16)23/h1-5,24H,6H2,(H,21,23)/t16-/m1/s1. The number of ketones is 1. The van der Waals surface area contributed by atoms with E-state index in [0.717, 1.165) is 0 Å². The van der Waals surface area contributed by atoms with Crippen molar-refractivity contribution in [3.8, 4) is 0 Å². The molecule has 0 spiro atoms. The van der Waals surface area contributed by atoms with Crippen molar-refractivity contribution in [1.29, 1.82) is 0 Å². The normalized spacial score (nSPS) is 19.1. The summed E-state index contributed by atoms with van der Waals surface area (Å²) in [7, 11) is 0. The summed E-state index contributed by atoms with van der Waals surface area (Å²) in [5.41, 5.74) is -1.70. The SMILES string of the molecule is O=C(C[C@]1(O)C(=O)Nc2c(Cl)ccc(Cl)c21)c1ccc(Cl)cc1Cl. The summed E-state index contributed by atoms with van der Waals surface area (Å²) in [6.07, 6.45) is -0.534. The fourth-order valence-electron chi connectivity index (χ4n) is 2.62. The van der Waals surface area contributed by atoms with Gasteiger partial charge >= 0.3 is 0 Å². The smallest absolute Gasteiger partial charge is 0.261 e. The van der Waals surface area contributed by atoms with Crippen LogP contribution >= 0.6 is 46.4 Å². The quantitative estimate of drug-likeness (QED) is 0.727. The predicted octanol–water partition coefficient (Wildman–Crippen LogP) is 4.71. The maximum Gasteiger partial charge on any atom is 0.261 e. The zero-order valence-corrected chi connectivity index (χ0v) is 14.9. The molecule has 24 heavy (non-hydrogen) atoms. The number of halogens is 4. The molecule has 8 heteroatoms. The number of Topliss-reactive ketones (excluding diaryl/α,β-unsaturated/α-hetero) is 1. The lowest BCUT2D eigenvalue weighted by Crippen LogP contribution is -2.36. The fraction of sp³-hybridized carbons (Fsp3) is 0.125. The molecule has 2 aromatic rings. The van der Waals surface area contributed by atoms with Gasteiger partial charge in [-0.05, 0) is 30.3 Å². The van der Waals surface area contributed by atoms with Crippen LogP contribution in [-0.2, 0) is 10.4 Å². The van der Waals surface area contributed by atoms with Crippen molar-refractivity contribution in [3.05, 3.63) is 61.5 Å². The minimum atomic E-state index is -2.13. The maximum atomic E-state index is 12.5. The zero-order valence-electron chi connectivity index (χ0n) is 11.9. The van der Waals surface area contributed by atoms with Crippen LogP contribution in [0.1, 0.15) is 22.3 Å². The molecule has 0 saturated heterocycles. The van der Waals surface area contributed by atoms with Gasteiger partial charge in [-0.3, -0.25) is 9.59 Å². The van der Waals surface area contributed by atoms with Crippen LogP contribution in [0, 0.1) is 0 Å². The maximum absolute atomic E-state index is 12.5. The molecule has 1 amide bonds. The first kappa shape index (κ1) is 17.5. The Hall–Kier alpha value is -1.30. The third-order valence-corrected chi connectivity index (χ3v) is 4.96. The molecule has 0 radical (unpaired) electrons. The Morgan fingerprint density at radius 1 is 1.04 bits per heavy atom. The number of anilines is 1. The van der Waals surface area contributed by atoms with Gasteiger partial charge in [0.05, 0.1) is 22.2 Å². The fourth-order valence-corrected chi connectivity index (χ4v) is 3.65. The van der Waals surface area contributed by atoms with Crippen LogP contribution in [0.15, 0.2) is 30.3 Å². The molecule has 0 aliphatic carbocycles. The molecule has 1 heterocycles. The lowest BCUT2D eigenvalue weighted by atomic mass is 9.88. The lowest BCUT2D eigenvalue weighted by molar-refractivity contribution is -0.133. The summed E-state index contributed by atoms with van der Waals surface area (Å²) >= 11 is 24.0. The molecule has 1 aliphatic heterocycles. The second-order valence-electron chi connectivity index (χ2n) is 5.32.